The monoisotopic (exact) mass is 573 g/mol. The summed E-state index contributed by atoms with van der Waals surface area (Å²) >= 11 is 0. The number of fused-ring (bicyclic) bond motifs is 1. The minimum atomic E-state index is -1.05. The highest BCUT2D eigenvalue weighted by Crippen LogP contribution is 2.45. The van der Waals surface area contributed by atoms with Gasteiger partial charge in [-0.2, -0.15) is 0 Å². The van der Waals surface area contributed by atoms with Gasteiger partial charge in [-0.05, 0) is 61.6 Å². The molecule has 0 fully saturated rings. The summed E-state index contributed by atoms with van der Waals surface area (Å²) in [6.07, 6.45) is 1.58. The molecule has 3 aromatic rings. The number of nitrogens with one attached hydrogen (secondary N) is 2. The van der Waals surface area contributed by atoms with Crippen molar-refractivity contribution in [2.24, 2.45) is 0 Å². The average molecular weight is 574 g/mol. The zero-order chi connectivity index (χ0) is 30.4. The molecule has 1 aliphatic rings. The lowest BCUT2D eigenvalue weighted by Gasteiger charge is -2.32. The predicted octanol–water partition coefficient (Wildman–Crippen LogP) is 4.99. The highest BCUT2D eigenvalue weighted by atomic mass is 16.5. The van der Waals surface area contributed by atoms with E-state index in [1.54, 1.807) is 19.2 Å². The third-order valence-corrected chi connectivity index (χ3v) is 7.62. The molecule has 222 valence electrons. The molecule has 9 nitrogen and oxygen atoms in total. The summed E-state index contributed by atoms with van der Waals surface area (Å²) < 4.78 is 16.4. The van der Waals surface area contributed by atoms with E-state index >= 15 is 0 Å². The summed E-state index contributed by atoms with van der Waals surface area (Å²) in [7, 11) is 4.55. The molecule has 0 spiro atoms. The number of carbonyl (C=O) groups excluding carboxylic acids is 3. The summed E-state index contributed by atoms with van der Waals surface area (Å²) in [4.78, 5) is 43.3. The number of methoxy groups -OCH3 is 3. The molecule has 3 amide bonds. The standard InChI is InChI=1S/C33H39N3O6/c1-7-10-25(31(37)34-18-17-22-13-9-14-23(19-22)40-4)36-29(32(38)35-28-20(2)11-8-12-21(28)3)24-15-16-26(41-5)30(42-6)27(24)33(36)39/h8-9,11-16,19,25,29H,7,10,17-18H2,1-6H3,(H,34,37)(H,35,38)/t25-,29?/m0/s1. The van der Waals surface area contributed by atoms with Gasteiger partial charge in [-0.3, -0.25) is 14.4 Å². The van der Waals surface area contributed by atoms with Crippen LogP contribution in [0.1, 0.15) is 58.4 Å². The number of para-hydroxylation sites is 1. The van der Waals surface area contributed by atoms with Crippen LogP contribution in [0.4, 0.5) is 5.69 Å². The van der Waals surface area contributed by atoms with Crippen molar-refractivity contribution in [3.05, 3.63) is 82.4 Å². The molecule has 0 saturated heterocycles. The van der Waals surface area contributed by atoms with Gasteiger partial charge in [-0.15, -0.1) is 0 Å². The molecule has 1 aliphatic heterocycles. The molecule has 42 heavy (non-hydrogen) atoms. The van der Waals surface area contributed by atoms with Crippen LogP contribution in [0.25, 0.3) is 0 Å². The summed E-state index contributed by atoms with van der Waals surface area (Å²) in [6.45, 7) is 6.13. The lowest BCUT2D eigenvalue weighted by molar-refractivity contribution is -0.129. The second-order valence-corrected chi connectivity index (χ2v) is 10.3. The Labute approximate surface area is 247 Å². The summed E-state index contributed by atoms with van der Waals surface area (Å²) in [6, 6.07) is 14.8. The van der Waals surface area contributed by atoms with Gasteiger partial charge in [-0.1, -0.05) is 49.7 Å². The number of anilines is 1. The van der Waals surface area contributed by atoms with Gasteiger partial charge in [0.1, 0.15) is 17.8 Å². The van der Waals surface area contributed by atoms with Crippen LogP contribution < -0.4 is 24.8 Å². The Morgan fingerprint density at radius 2 is 1.67 bits per heavy atom. The van der Waals surface area contributed by atoms with E-state index in [0.29, 0.717) is 42.8 Å². The first-order valence-electron chi connectivity index (χ1n) is 14.1. The van der Waals surface area contributed by atoms with Gasteiger partial charge in [0.25, 0.3) is 11.8 Å². The van der Waals surface area contributed by atoms with Crippen LogP contribution >= 0.6 is 0 Å². The highest BCUT2D eigenvalue weighted by molar-refractivity contribution is 6.11. The number of hydrogen-bond acceptors (Lipinski definition) is 6. The fourth-order valence-corrected chi connectivity index (χ4v) is 5.52. The van der Waals surface area contributed by atoms with Crippen molar-refractivity contribution in [2.45, 2.75) is 52.1 Å². The molecular weight excluding hydrogens is 534 g/mol. The molecule has 0 radical (unpaired) electrons. The smallest absolute Gasteiger partial charge is 0.259 e. The Morgan fingerprint density at radius 1 is 0.952 bits per heavy atom. The van der Waals surface area contributed by atoms with Gasteiger partial charge in [-0.25, -0.2) is 0 Å². The molecule has 0 saturated carbocycles. The zero-order valence-corrected chi connectivity index (χ0v) is 25.1. The van der Waals surface area contributed by atoms with Gasteiger partial charge in [0.2, 0.25) is 5.91 Å². The maximum atomic E-state index is 14.1. The number of ether oxygens (including phenoxy) is 3. The minimum Gasteiger partial charge on any atom is -0.497 e. The topological polar surface area (TPSA) is 106 Å². The van der Waals surface area contributed by atoms with Crippen LogP contribution in [0.2, 0.25) is 0 Å². The van der Waals surface area contributed by atoms with Gasteiger partial charge in [0, 0.05) is 17.8 Å². The normalized spacial score (nSPS) is 14.7. The fraction of sp³-hybridized carbons (Fsp3) is 0.364. The largest absolute Gasteiger partial charge is 0.497 e. The van der Waals surface area contributed by atoms with E-state index in [9.17, 15) is 14.4 Å². The van der Waals surface area contributed by atoms with Crippen molar-refractivity contribution in [1.82, 2.24) is 10.2 Å². The SMILES string of the molecule is CCC[C@@H](C(=O)NCCc1cccc(OC)c1)N1C(=O)c2c(ccc(OC)c2OC)C1C(=O)Nc1c(C)cccc1C. The van der Waals surface area contributed by atoms with Crippen molar-refractivity contribution < 1.29 is 28.6 Å². The second kappa shape index (κ2) is 13.4. The van der Waals surface area contributed by atoms with Gasteiger partial charge < -0.3 is 29.7 Å². The number of amides is 3. The molecule has 0 aliphatic carbocycles. The number of hydrogen-bond donors (Lipinski definition) is 2. The molecule has 3 aromatic carbocycles. The number of nitrogens with zero attached hydrogens (tertiary/aromatic N) is 1. The molecular formula is C33H39N3O6. The van der Waals surface area contributed by atoms with Crippen molar-refractivity contribution >= 4 is 23.4 Å². The summed E-state index contributed by atoms with van der Waals surface area (Å²) in [5.41, 5.74) is 4.17. The lowest BCUT2D eigenvalue weighted by atomic mass is 10.0. The summed E-state index contributed by atoms with van der Waals surface area (Å²) in [5, 5.41) is 6.04. The Balaban J connectivity index is 1.69. The van der Waals surface area contributed by atoms with Crippen molar-refractivity contribution in [3.63, 3.8) is 0 Å². The van der Waals surface area contributed by atoms with Crippen LogP contribution in [0.5, 0.6) is 17.2 Å². The second-order valence-electron chi connectivity index (χ2n) is 10.3. The highest BCUT2D eigenvalue weighted by Gasteiger charge is 2.48. The molecule has 0 aromatic heterocycles. The van der Waals surface area contributed by atoms with E-state index in [1.807, 2.05) is 63.2 Å². The van der Waals surface area contributed by atoms with E-state index in [2.05, 4.69) is 10.6 Å². The van der Waals surface area contributed by atoms with E-state index < -0.39 is 23.9 Å². The third-order valence-electron chi connectivity index (χ3n) is 7.62. The molecule has 2 atom stereocenters. The zero-order valence-electron chi connectivity index (χ0n) is 25.1. The minimum absolute atomic E-state index is 0.226. The van der Waals surface area contributed by atoms with Crippen molar-refractivity contribution in [3.8, 4) is 17.2 Å². The van der Waals surface area contributed by atoms with Crippen molar-refractivity contribution in [2.75, 3.05) is 33.2 Å². The van der Waals surface area contributed by atoms with Gasteiger partial charge in [0.15, 0.2) is 11.5 Å². The van der Waals surface area contributed by atoms with Crippen LogP contribution in [0.15, 0.2) is 54.6 Å². The Kier molecular flexibility index (Phi) is 9.72. The Morgan fingerprint density at radius 3 is 2.31 bits per heavy atom. The lowest BCUT2D eigenvalue weighted by Crippen LogP contribution is -2.51. The Hall–Kier alpha value is -4.53. The molecule has 1 unspecified atom stereocenters. The third kappa shape index (κ3) is 6.05. The first kappa shape index (κ1) is 30.4. The van der Waals surface area contributed by atoms with Crippen LogP contribution in [0.3, 0.4) is 0 Å². The van der Waals surface area contributed by atoms with E-state index in [0.717, 1.165) is 22.4 Å². The van der Waals surface area contributed by atoms with E-state index in [1.165, 1.54) is 19.1 Å². The first-order valence-corrected chi connectivity index (χ1v) is 14.1. The van der Waals surface area contributed by atoms with Crippen LogP contribution in [-0.2, 0) is 16.0 Å². The molecule has 2 N–H and O–H groups in total. The van der Waals surface area contributed by atoms with Gasteiger partial charge in [0.05, 0.1) is 26.9 Å². The molecule has 0 bridgehead atoms. The molecule has 4 rings (SSSR count). The van der Waals surface area contributed by atoms with E-state index in [-0.39, 0.29) is 17.2 Å². The molecule has 1 heterocycles. The number of aryl methyl sites for hydroxylation is 2. The maximum absolute atomic E-state index is 14.1. The number of benzene rings is 3. The van der Waals surface area contributed by atoms with Crippen LogP contribution in [-0.4, -0.2) is 56.5 Å². The van der Waals surface area contributed by atoms with Crippen LogP contribution in [0, 0.1) is 13.8 Å². The predicted molar refractivity (Wildman–Crippen MR) is 161 cm³/mol. The Bertz CT molecular complexity index is 1450. The number of rotatable bonds is 12. The quantitative estimate of drug-likeness (QED) is 0.316. The number of carbonyl (C=O) groups is 3. The summed E-state index contributed by atoms with van der Waals surface area (Å²) in [5.74, 6) is 0.166. The van der Waals surface area contributed by atoms with E-state index in [4.69, 9.17) is 14.2 Å². The molecule has 9 heteroatoms. The maximum Gasteiger partial charge on any atom is 0.259 e. The first-order chi connectivity index (χ1) is 20.2. The van der Waals surface area contributed by atoms with Gasteiger partial charge >= 0.3 is 0 Å². The average Bonchev–Trinajstić information content (AvgIpc) is 3.29. The fourth-order valence-electron chi connectivity index (χ4n) is 5.52. The van der Waals surface area contributed by atoms with Crippen molar-refractivity contribution in [1.29, 1.82) is 0 Å².